The monoisotopic (exact) mass is 325 g/mol. The lowest BCUT2D eigenvalue weighted by Gasteiger charge is -2.15. The summed E-state index contributed by atoms with van der Waals surface area (Å²) in [5.74, 6) is -1.35. The van der Waals surface area contributed by atoms with Gasteiger partial charge in [0.05, 0.1) is 0 Å². The van der Waals surface area contributed by atoms with Crippen molar-refractivity contribution in [3.05, 3.63) is 65.7 Å². The van der Waals surface area contributed by atoms with Crippen LogP contribution in [0.1, 0.15) is 17.2 Å². The average Bonchev–Trinajstić information content (AvgIpc) is 2.48. The second-order valence-electron chi connectivity index (χ2n) is 4.75. The Morgan fingerprint density at radius 3 is 2.22 bits per heavy atom. The van der Waals surface area contributed by atoms with Gasteiger partial charge in [0.15, 0.2) is 0 Å². The van der Waals surface area contributed by atoms with Crippen molar-refractivity contribution in [2.45, 2.75) is 18.9 Å². The van der Waals surface area contributed by atoms with Crippen LogP contribution in [-0.4, -0.2) is 17.4 Å². The number of ether oxygens (including phenoxy) is 1. The first-order valence-electron chi connectivity index (χ1n) is 6.71. The second-order valence-corrected chi connectivity index (χ2v) is 4.75. The maximum Gasteiger partial charge on any atom is 0.573 e. The molecule has 0 saturated carbocycles. The van der Waals surface area contributed by atoms with E-state index in [1.807, 2.05) is 0 Å². The lowest BCUT2D eigenvalue weighted by Crippen LogP contribution is -2.28. The number of carboxylic acids is 1. The fourth-order valence-electron chi connectivity index (χ4n) is 2.02. The van der Waals surface area contributed by atoms with E-state index in [1.54, 1.807) is 30.3 Å². The molecule has 0 fully saturated rings. The van der Waals surface area contributed by atoms with E-state index in [0.717, 1.165) is 0 Å². The van der Waals surface area contributed by atoms with Crippen molar-refractivity contribution in [2.24, 2.45) is 0 Å². The number of carbonyl (C=O) groups is 1. The number of hydrogen-bond donors (Lipinski definition) is 2. The number of halogens is 3. The van der Waals surface area contributed by atoms with E-state index < -0.39 is 18.4 Å². The molecule has 0 aliphatic rings. The van der Waals surface area contributed by atoms with E-state index >= 15 is 0 Å². The molecule has 0 radical (unpaired) electrons. The average molecular weight is 325 g/mol. The van der Waals surface area contributed by atoms with Crippen molar-refractivity contribution >= 4 is 5.97 Å². The van der Waals surface area contributed by atoms with E-state index in [0.29, 0.717) is 11.1 Å². The summed E-state index contributed by atoms with van der Waals surface area (Å²) in [5.41, 5.74) is 1.23. The predicted octanol–water partition coefficient (Wildman–Crippen LogP) is 3.50. The first-order chi connectivity index (χ1) is 10.8. The Morgan fingerprint density at radius 2 is 1.70 bits per heavy atom. The molecule has 122 valence electrons. The molecular weight excluding hydrogens is 311 g/mol. The Labute approximate surface area is 130 Å². The summed E-state index contributed by atoms with van der Waals surface area (Å²) < 4.78 is 40.0. The third-order valence-electron chi connectivity index (χ3n) is 3.05. The number of carboxylic acid groups (broad SMARTS) is 1. The summed E-state index contributed by atoms with van der Waals surface area (Å²) in [7, 11) is 0. The molecule has 2 aromatic carbocycles. The van der Waals surface area contributed by atoms with Crippen molar-refractivity contribution in [3.8, 4) is 5.75 Å². The van der Waals surface area contributed by atoms with Gasteiger partial charge in [-0.05, 0) is 23.3 Å². The molecule has 7 heteroatoms. The number of alkyl halides is 3. The van der Waals surface area contributed by atoms with Gasteiger partial charge in [0.2, 0.25) is 0 Å². The van der Waals surface area contributed by atoms with Crippen molar-refractivity contribution in [3.63, 3.8) is 0 Å². The summed E-state index contributed by atoms with van der Waals surface area (Å²) in [4.78, 5) is 11.3. The Bertz CT molecular complexity index is 642. The first-order valence-corrected chi connectivity index (χ1v) is 6.71. The fraction of sp³-hybridized carbons (Fsp3) is 0.188. The molecule has 23 heavy (non-hydrogen) atoms. The molecule has 0 aromatic heterocycles. The Hall–Kier alpha value is -2.54. The van der Waals surface area contributed by atoms with Crippen LogP contribution < -0.4 is 10.1 Å². The normalized spacial score (nSPS) is 12.7. The topological polar surface area (TPSA) is 58.6 Å². The standard InChI is InChI=1S/C16H14F3NO3/c17-16(18,19)23-13-8-6-11(7-9-13)10-20-14(15(21)22)12-4-2-1-3-5-12/h1-9,14,20H,10H2,(H,21,22). The minimum atomic E-state index is -4.73. The van der Waals surface area contributed by atoms with Crippen LogP contribution in [0.2, 0.25) is 0 Å². The van der Waals surface area contributed by atoms with Crippen LogP contribution >= 0.6 is 0 Å². The van der Waals surface area contributed by atoms with Gasteiger partial charge >= 0.3 is 12.3 Å². The molecule has 0 heterocycles. The molecule has 2 rings (SSSR count). The van der Waals surface area contributed by atoms with E-state index in [-0.39, 0.29) is 12.3 Å². The van der Waals surface area contributed by atoms with Gasteiger partial charge in [-0.1, -0.05) is 42.5 Å². The van der Waals surface area contributed by atoms with Gasteiger partial charge in [0.25, 0.3) is 0 Å². The summed E-state index contributed by atoms with van der Waals surface area (Å²) >= 11 is 0. The molecule has 0 bridgehead atoms. The smallest absolute Gasteiger partial charge is 0.480 e. The molecule has 0 amide bonds. The molecule has 0 spiro atoms. The highest BCUT2D eigenvalue weighted by Crippen LogP contribution is 2.23. The van der Waals surface area contributed by atoms with Gasteiger partial charge in [-0.25, -0.2) is 0 Å². The minimum absolute atomic E-state index is 0.193. The third-order valence-corrected chi connectivity index (χ3v) is 3.05. The van der Waals surface area contributed by atoms with E-state index in [1.165, 1.54) is 24.3 Å². The van der Waals surface area contributed by atoms with Crippen molar-refractivity contribution in [2.75, 3.05) is 0 Å². The van der Waals surface area contributed by atoms with Crippen molar-refractivity contribution in [1.29, 1.82) is 0 Å². The first kappa shape index (κ1) is 16.8. The largest absolute Gasteiger partial charge is 0.573 e. The molecular formula is C16H14F3NO3. The third kappa shape index (κ3) is 5.30. The highest BCUT2D eigenvalue weighted by molar-refractivity contribution is 5.75. The van der Waals surface area contributed by atoms with Gasteiger partial charge in [-0.3, -0.25) is 10.1 Å². The minimum Gasteiger partial charge on any atom is -0.480 e. The van der Waals surface area contributed by atoms with Gasteiger partial charge in [0.1, 0.15) is 11.8 Å². The van der Waals surface area contributed by atoms with Crippen LogP contribution in [0.25, 0.3) is 0 Å². The summed E-state index contributed by atoms with van der Waals surface area (Å²) in [6.45, 7) is 0.193. The zero-order chi connectivity index (χ0) is 16.9. The number of hydrogen-bond acceptors (Lipinski definition) is 3. The SMILES string of the molecule is O=C(O)C(NCc1ccc(OC(F)(F)F)cc1)c1ccccc1. The summed E-state index contributed by atoms with van der Waals surface area (Å²) in [6, 6.07) is 13.0. The van der Waals surface area contributed by atoms with Crippen LogP contribution in [-0.2, 0) is 11.3 Å². The zero-order valence-electron chi connectivity index (χ0n) is 11.9. The van der Waals surface area contributed by atoms with Gasteiger partial charge in [-0.2, -0.15) is 0 Å². The lowest BCUT2D eigenvalue weighted by molar-refractivity contribution is -0.274. The van der Waals surface area contributed by atoms with Crippen molar-refractivity contribution < 1.29 is 27.8 Å². The highest BCUT2D eigenvalue weighted by atomic mass is 19.4. The summed E-state index contributed by atoms with van der Waals surface area (Å²) in [5, 5.41) is 12.1. The van der Waals surface area contributed by atoms with E-state index in [9.17, 15) is 23.1 Å². The quantitative estimate of drug-likeness (QED) is 0.853. The Morgan fingerprint density at radius 1 is 1.09 bits per heavy atom. The molecule has 0 aliphatic carbocycles. The summed E-state index contributed by atoms with van der Waals surface area (Å²) in [6.07, 6.45) is -4.73. The number of rotatable bonds is 6. The zero-order valence-corrected chi connectivity index (χ0v) is 11.9. The maximum absolute atomic E-state index is 12.1. The van der Waals surface area contributed by atoms with Crippen LogP contribution in [0.5, 0.6) is 5.75 Å². The highest BCUT2D eigenvalue weighted by Gasteiger charge is 2.30. The molecule has 4 nitrogen and oxygen atoms in total. The van der Waals surface area contributed by atoms with Gasteiger partial charge in [0, 0.05) is 6.54 Å². The number of aliphatic carboxylic acids is 1. The molecule has 2 N–H and O–H groups in total. The molecule has 0 aliphatic heterocycles. The predicted molar refractivity (Wildman–Crippen MR) is 76.8 cm³/mol. The number of benzene rings is 2. The molecule has 1 atom stereocenters. The maximum atomic E-state index is 12.1. The molecule has 2 aromatic rings. The Kier molecular flexibility index (Phi) is 5.23. The fourth-order valence-corrected chi connectivity index (χ4v) is 2.02. The van der Waals surface area contributed by atoms with E-state index in [2.05, 4.69) is 10.1 Å². The van der Waals surface area contributed by atoms with Crippen LogP contribution in [0, 0.1) is 0 Å². The molecule has 1 unspecified atom stereocenters. The van der Waals surface area contributed by atoms with Gasteiger partial charge < -0.3 is 9.84 Å². The molecule has 0 saturated heterocycles. The van der Waals surface area contributed by atoms with Gasteiger partial charge in [-0.15, -0.1) is 13.2 Å². The second kappa shape index (κ2) is 7.15. The lowest BCUT2D eigenvalue weighted by atomic mass is 10.1. The number of nitrogens with one attached hydrogen (secondary N) is 1. The van der Waals surface area contributed by atoms with Crippen molar-refractivity contribution in [1.82, 2.24) is 5.32 Å². The van der Waals surface area contributed by atoms with Crippen LogP contribution in [0.15, 0.2) is 54.6 Å². The van der Waals surface area contributed by atoms with Crippen LogP contribution in [0.3, 0.4) is 0 Å². The Balaban J connectivity index is 2.00. The van der Waals surface area contributed by atoms with E-state index in [4.69, 9.17) is 0 Å². The van der Waals surface area contributed by atoms with Crippen LogP contribution in [0.4, 0.5) is 13.2 Å².